The number of amides is 1. The standard InChI is InChI=1S/C12H18N4O3S/c1-2-3-9-11(20-14-13-9)12(19)16-6-4-15(5-7-16)8-10(17)18/h2-8H2,1H3,(H,17,18). The highest BCUT2D eigenvalue weighted by Gasteiger charge is 2.26. The number of carbonyl (C=O) groups excluding carboxylic acids is 1. The van der Waals surface area contributed by atoms with Crippen molar-refractivity contribution in [3.8, 4) is 0 Å². The molecule has 0 bridgehead atoms. The van der Waals surface area contributed by atoms with Crippen LogP contribution in [0.25, 0.3) is 0 Å². The number of aliphatic carboxylic acids is 1. The fourth-order valence-electron chi connectivity index (χ4n) is 2.22. The molecule has 1 aromatic heterocycles. The minimum absolute atomic E-state index is 0.0292. The fraction of sp³-hybridized carbons (Fsp3) is 0.667. The lowest BCUT2D eigenvalue weighted by molar-refractivity contribution is -0.138. The molecule has 1 aromatic rings. The Bertz CT molecular complexity index is 483. The first kappa shape index (κ1) is 14.9. The van der Waals surface area contributed by atoms with E-state index in [9.17, 15) is 9.59 Å². The maximum atomic E-state index is 12.4. The van der Waals surface area contributed by atoms with Gasteiger partial charge in [0.15, 0.2) is 0 Å². The average Bonchev–Trinajstić information content (AvgIpc) is 2.87. The highest BCUT2D eigenvalue weighted by atomic mass is 32.1. The van der Waals surface area contributed by atoms with Crippen molar-refractivity contribution in [3.05, 3.63) is 10.6 Å². The molecular weight excluding hydrogens is 280 g/mol. The van der Waals surface area contributed by atoms with Crippen LogP contribution in [0.5, 0.6) is 0 Å². The Morgan fingerprint density at radius 3 is 2.60 bits per heavy atom. The molecular formula is C12H18N4O3S. The van der Waals surface area contributed by atoms with E-state index in [1.165, 1.54) is 0 Å². The second-order valence-corrected chi connectivity index (χ2v) is 5.51. The van der Waals surface area contributed by atoms with Gasteiger partial charge >= 0.3 is 5.97 Å². The molecule has 7 nitrogen and oxygen atoms in total. The van der Waals surface area contributed by atoms with E-state index in [0.29, 0.717) is 31.1 Å². The van der Waals surface area contributed by atoms with Crippen LogP contribution in [0.3, 0.4) is 0 Å². The lowest BCUT2D eigenvalue weighted by Crippen LogP contribution is -2.49. The highest BCUT2D eigenvalue weighted by molar-refractivity contribution is 7.08. The van der Waals surface area contributed by atoms with Crippen molar-refractivity contribution in [2.45, 2.75) is 19.8 Å². The molecule has 1 amide bonds. The van der Waals surface area contributed by atoms with Gasteiger partial charge in [0, 0.05) is 26.2 Å². The summed E-state index contributed by atoms with van der Waals surface area (Å²) in [6, 6.07) is 0. The van der Waals surface area contributed by atoms with Gasteiger partial charge in [0.25, 0.3) is 5.91 Å². The SMILES string of the molecule is CCCc1nnsc1C(=O)N1CCN(CC(=O)O)CC1. The first-order valence-electron chi connectivity index (χ1n) is 6.66. The third kappa shape index (κ3) is 3.51. The number of aryl methyl sites for hydroxylation is 1. The molecule has 1 aliphatic rings. The van der Waals surface area contributed by atoms with Gasteiger partial charge in [-0.15, -0.1) is 5.10 Å². The van der Waals surface area contributed by atoms with Crippen molar-refractivity contribution in [1.29, 1.82) is 0 Å². The monoisotopic (exact) mass is 298 g/mol. The van der Waals surface area contributed by atoms with E-state index >= 15 is 0 Å². The van der Waals surface area contributed by atoms with Crippen molar-refractivity contribution in [2.24, 2.45) is 0 Å². The Morgan fingerprint density at radius 2 is 2.00 bits per heavy atom. The summed E-state index contributed by atoms with van der Waals surface area (Å²) in [5, 5.41) is 12.8. The molecule has 20 heavy (non-hydrogen) atoms. The van der Waals surface area contributed by atoms with Crippen LogP contribution in [0.15, 0.2) is 0 Å². The van der Waals surface area contributed by atoms with Gasteiger partial charge in [0.1, 0.15) is 4.88 Å². The van der Waals surface area contributed by atoms with Crippen LogP contribution in [0.2, 0.25) is 0 Å². The zero-order valence-corrected chi connectivity index (χ0v) is 12.2. The quantitative estimate of drug-likeness (QED) is 0.843. The zero-order chi connectivity index (χ0) is 14.5. The second kappa shape index (κ2) is 6.76. The van der Waals surface area contributed by atoms with Crippen LogP contribution in [0.4, 0.5) is 0 Å². The average molecular weight is 298 g/mol. The van der Waals surface area contributed by atoms with Crippen LogP contribution in [0.1, 0.15) is 28.7 Å². The Balaban J connectivity index is 1.94. The van der Waals surface area contributed by atoms with Crippen LogP contribution in [-0.4, -0.2) is 69.1 Å². The maximum absolute atomic E-state index is 12.4. The van der Waals surface area contributed by atoms with Gasteiger partial charge in [-0.25, -0.2) is 0 Å². The van der Waals surface area contributed by atoms with E-state index < -0.39 is 5.97 Å². The summed E-state index contributed by atoms with van der Waals surface area (Å²) in [4.78, 5) is 27.3. The van der Waals surface area contributed by atoms with Crippen LogP contribution in [0, 0.1) is 0 Å². The number of piperazine rings is 1. The molecule has 0 unspecified atom stereocenters. The summed E-state index contributed by atoms with van der Waals surface area (Å²) >= 11 is 1.14. The van der Waals surface area contributed by atoms with E-state index in [2.05, 4.69) is 9.59 Å². The molecule has 1 N–H and O–H groups in total. The summed E-state index contributed by atoms with van der Waals surface area (Å²) in [6.07, 6.45) is 1.69. The lowest BCUT2D eigenvalue weighted by Gasteiger charge is -2.33. The third-order valence-corrected chi connectivity index (χ3v) is 4.01. The van der Waals surface area contributed by atoms with Gasteiger partial charge in [-0.3, -0.25) is 14.5 Å². The zero-order valence-electron chi connectivity index (χ0n) is 11.4. The molecule has 0 aromatic carbocycles. The van der Waals surface area contributed by atoms with E-state index in [0.717, 1.165) is 30.1 Å². The predicted molar refractivity (Wildman–Crippen MR) is 73.9 cm³/mol. The largest absolute Gasteiger partial charge is 0.480 e. The Labute approximate surface area is 121 Å². The van der Waals surface area contributed by atoms with Gasteiger partial charge in [-0.1, -0.05) is 17.8 Å². The number of carbonyl (C=O) groups is 2. The Kier molecular flexibility index (Phi) is 5.02. The van der Waals surface area contributed by atoms with Crippen molar-refractivity contribution in [3.63, 3.8) is 0 Å². The summed E-state index contributed by atoms with van der Waals surface area (Å²) in [5.41, 5.74) is 0.774. The summed E-state index contributed by atoms with van der Waals surface area (Å²) < 4.78 is 3.87. The molecule has 0 radical (unpaired) electrons. The summed E-state index contributed by atoms with van der Waals surface area (Å²) in [7, 11) is 0. The second-order valence-electron chi connectivity index (χ2n) is 4.76. The van der Waals surface area contributed by atoms with Crippen LogP contribution >= 0.6 is 11.5 Å². The first-order chi connectivity index (χ1) is 9.61. The predicted octanol–water partition coefficient (Wildman–Crippen LogP) is 0.333. The van der Waals surface area contributed by atoms with Crippen molar-refractivity contribution in [1.82, 2.24) is 19.4 Å². The number of hydrogen-bond donors (Lipinski definition) is 1. The van der Waals surface area contributed by atoms with E-state index in [-0.39, 0.29) is 12.5 Å². The molecule has 0 aliphatic carbocycles. The Morgan fingerprint density at radius 1 is 1.30 bits per heavy atom. The minimum Gasteiger partial charge on any atom is -0.480 e. The molecule has 1 fully saturated rings. The molecule has 0 atom stereocenters. The normalized spacial score (nSPS) is 16.4. The van der Waals surface area contributed by atoms with Gasteiger partial charge < -0.3 is 10.0 Å². The Hall–Kier alpha value is -1.54. The van der Waals surface area contributed by atoms with Crippen molar-refractivity contribution >= 4 is 23.4 Å². The number of hydrogen-bond acceptors (Lipinski definition) is 6. The van der Waals surface area contributed by atoms with Gasteiger partial charge in [-0.2, -0.15) is 0 Å². The molecule has 8 heteroatoms. The summed E-state index contributed by atoms with van der Waals surface area (Å²) in [6.45, 7) is 4.36. The number of aromatic nitrogens is 2. The molecule has 2 heterocycles. The van der Waals surface area contributed by atoms with E-state index in [1.807, 2.05) is 11.8 Å². The van der Waals surface area contributed by atoms with Gasteiger partial charge in [0.05, 0.1) is 12.2 Å². The third-order valence-electron chi connectivity index (χ3n) is 3.26. The topological polar surface area (TPSA) is 86.6 Å². The fourth-order valence-corrected chi connectivity index (χ4v) is 2.89. The molecule has 110 valence electrons. The van der Waals surface area contributed by atoms with Crippen LogP contribution < -0.4 is 0 Å². The van der Waals surface area contributed by atoms with Gasteiger partial charge in [-0.05, 0) is 18.0 Å². The molecule has 0 saturated carbocycles. The summed E-state index contributed by atoms with van der Waals surface area (Å²) in [5.74, 6) is -0.861. The smallest absolute Gasteiger partial charge is 0.317 e. The number of carboxylic acids is 1. The maximum Gasteiger partial charge on any atom is 0.317 e. The molecule has 0 spiro atoms. The minimum atomic E-state index is -0.832. The number of carboxylic acid groups (broad SMARTS) is 1. The molecule has 1 aliphatic heterocycles. The first-order valence-corrected chi connectivity index (χ1v) is 7.43. The van der Waals surface area contributed by atoms with Crippen LogP contribution in [-0.2, 0) is 11.2 Å². The lowest BCUT2D eigenvalue weighted by atomic mass is 10.2. The van der Waals surface area contributed by atoms with E-state index in [1.54, 1.807) is 4.90 Å². The number of rotatable bonds is 5. The van der Waals surface area contributed by atoms with Gasteiger partial charge in [0.2, 0.25) is 0 Å². The van der Waals surface area contributed by atoms with Crippen molar-refractivity contribution in [2.75, 3.05) is 32.7 Å². The molecule has 2 rings (SSSR count). The molecule has 1 saturated heterocycles. The number of nitrogens with zero attached hydrogens (tertiary/aromatic N) is 4. The van der Waals surface area contributed by atoms with E-state index in [4.69, 9.17) is 5.11 Å². The van der Waals surface area contributed by atoms with Crippen molar-refractivity contribution < 1.29 is 14.7 Å². The highest BCUT2D eigenvalue weighted by Crippen LogP contribution is 2.16.